The maximum atomic E-state index is 13.0. The van der Waals surface area contributed by atoms with E-state index in [0.29, 0.717) is 17.8 Å². The average molecular weight is 209 g/mol. The Morgan fingerprint density at radius 1 is 1.33 bits per heavy atom. The maximum absolute atomic E-state index is 13.0. The molecule has 0 saturated carbocycles. The molecule has 1 aliphatic rings. The van der Waals surface area contributed by atoms with Crippen molar-refractivity contribution in [1.82, 2.24) is 9.97 Å². The molecule has 0 aliphatic carbocycles. The zero-order valence-electron chi connectivity index (χ0n) is 9.15. The van der Waals surface area contributed by atoms with Crippen molar-refractivity contribution in [3.63, 3.8) is 0 Å². The standard InChI is InChI=1S/C11H16FN3/c1-8-3-4-9(2)15(6-8)11-5-10(12)13-7-14-11/h5,7-9H,3-4,6H2,1-2H3. The van der Waals surface area contributed by atoms with Crippen LogP contribution in [0.5, 0.6) is 0 Å². The van der Waals surface area contributed by atoms with Gasteiger partial charge in [0.25, 0.3) is 0 Å². The predicted octanol–water partition coefficient (Wildman–Crippen LogP) is 2.24. The molecule has 3 nitrogen and oxygen atoms in total. The molecule has 1 aliphatic heterocycles. The summed E-state index contributed by atoms with van der Waals surface area (Å²) in [6.45, 7) is 5.33. The van der Waals surface area contributed by atoms with Crippen molar-refractivity contribution in [3.8, 4) is 0 Å². The molecular formula is C11H16FN3. The fourth-order valence-corrected chi connectivity index (χ4v) is 2.09. The van der Waals surface area contributed by atoms with Crippen molar-refractivity contribution in [1.29, 1.82) is 0 Å². The Hall–Kier alpha value is -1.19. The first-order valence-corrected chi connectivity index (χ1v) is 5.41. The van der Waals surface area contributed by atoms with Crippen LogP contribution in [-0.4, -0.2) is 22.6 Å². The van der Waals surface area contributed by atoms with E-state index in [1.165, 1.54) is 18.8 Å². The molecule has 2 rings (SSSR count). The minimum absolute atomic E-state index is 0.440. The summed E-state index contributed by atoms with van der Waals surface area (Å²) in [4.78, 5) is 9.76. The molecule has 1 fully saturated rings. The van der Waals surface area contributed by atoms with Crippen LogP contribution in [0.1, 0.15) is 26.7 Å². The van der Waals surface area contributed by atoms with Gasteiger partial charge >= 0.3 is 0 Å². The number of anilines is 1. The summed E-state index contributed by atoms with van der Waals surface area (Å²) in [7, 11) is 0. The Morgan fingerprint density at radius 2 is 2.13 bits per heavy atom. The van der Waals surface area contributed by atoms with Gasteiger partial charge in [-0.25, -0.2) is 9.97 Å². The van der Waals surface area contributed by atoms with Crippen molar-refractivity contribution >= 4 is 5.82 Å². The first-order valence-electron chi connectivity index (χ1n) is 5.41. The van der Waals surface area contributed by atoms with E-state index in [2.05, 4.69) is 28.7 Å². The van der Waals surface area contributed by atoms with E-state index in [0.717, 1.165) is 13.0 Å². The topological polar surface area (TPSA) is 29.0 Å². The summed E-state index contributed by atoms with van der Waals surface area (Å²) in [5.74, 6) is 0.909. The number of aromatic nitrogens is 2. The number of rotatable bonds is 1. The molecule has 82 valence electrons. The molecule has 0 amide bonds. The summed E-state index contributed by atoms with van der Waals surface area (Å²) in [5.41, 5.74) is 0. The van der Waals surface area contributed by atoms with E-state index in [-0.39, 0.29) is 0 Å². The zero-order valence-corrected chi connectivity index (χ0v) is 9.15. The van der Waals surface area contributed by atoms with Crippen LogP contribution in [0.2, 0.25) is 0 Å². The van der Waals surface area contributed by atoms with E-state index in [1.54, 1.807) is 0 Å². The molecule has 0 radical (unpaired) electrons. The lowest BCUT2D eigenvalue weighted by atomic mass is 9.95. The molecule has 0 bridgehead atoms. The van der Waals surface area contributed by atoms with E-state index >= 15 is 0 Å². The van der Waals surface area contributed by atoms with Crippen molar-refractivity contribution in [2.75, 3.05) is 11.4 Å². The highest BCUT2D eigenvalue weighted by Gasteiger charge is 2.24. The third-order valence-electron chi connectivity index (χ3n) is 3.03. The van der Waals surface area contributed by atoms with Gasteiger partial charge in [-0.1, -0.05) is 6.92 Å². The van der Waals surface area contributed by atoms with Gasteiger partial charge in [0.15, 0.2) is 0 Å². The molecule has 0 spiro atoms. The van der Waals surface area contributed by atoms with Crippen molar-refractivity contribution in [2.24, 2.45) is 5.92 Å². The third-order valence-corrected chi connectivity index (χ3v) is 3.03. The van der Waals surface area contributed by atoms with Crippen LogP contribution in [0.25, 0.3) is 0 Å². The smallest absolute Gasteiger partial charge is 0.218 e. The van der Waals surface area contributed by atoms with Crippen LogP contribution >= 0.6 is 0 Å². The first-order chi connectivity index (χ1) is 7.16. The summed E-state index contributed by atoms with van der Waals surface area (Å²) >= 11 is 0. The van der Waals surface area contributed by atoms with Gasteiger partial charge in [0.1, 0.15) is 12.1 Å². The SMILES string of the molecule is CC1CCC(C)N(c2cc(F)ncn2)C1. The van der Waals surface area contributed by atoms with Crippen molar-refractivity contribution < 1.29 is 4.39 Å². The Labute approximate surface area is 89.3 Å². The Bertz CT molecular complexity index is 342. The number of hydrogen-bond donors (Lipinski definition) is 0. The van der Waals surface area contributed by atoms with E-state index < -0.39 is 5.95 Å². The summed E-state index contributed by atoms with van der Waals surface area (Å²) in [5, 5.41) is 0. The van der Waals surface area contributed by atoms with E-state index in [4.69, 9.17) is 0 Å². The molecule has 15 heavy (non-hydrogen) atoms. The molecule has 2 unspecified atom stereocenters. The molecule has 2 atom stereocenters. The molecule has 4 heteroatoms. The predicted molar refractivity (Wildman–Crippen MR) is 57.2 cm³/mol. The highest BCUT2D eigenvalue weighted by atomic mass is 19.1. The largest absolute Gasteiger partial charge is 0.353 e. The van der Waals surface area contributed by atoms with Crippen molar-refractivity contribution in [2.45, 2.75) is 32.7 Å². The highest BCUT2D eigenvalue weighted by molar-refractivity contribution is 5.38. The monoisotopic (exact) mass is 209 g/mol. The number of piperidine rings is 1. The minimum atomic E-state index is -0.453. The van der Waals surface area contributed by atoms with Crippen LogP contribution in [0.4, 0.5) is 10.2 Å². The first kappa shape index (κ1) is 10.3. The van der Waals surface area contributed by atoms with Gasteiger partial charge in [0, 0.05) is 18.7 Å². The second kappa shape index (κ2) is 4.13. The normalized spacial score (nSPS) is 26.7. The lowest BCUT2D eigenvalue weighted by Crippen LogP contribution is -2.41. The maximum Gasteiger partial charge on any atom is 0.218 e. The van der Waals surface area contributed by atoms with Gasteiger partial charge in [-0.05, 0) is 25.7 Å². The summed E-state index contributed by atoms with van der Waals surface area (Å²) in [6.07, 6.45) is 3.68. The zero-order chi connectivity index (χ0) is 10.8. The fraction of sp³-hybridized carbons (Fsp3) is 0.636. The number of nitrogens with zero attached hydrogens (tertiary/aromatic N) is 3. The lowest BCUT2D eigenvalue weighted by Gasteiger charge is -2.37. The van der Waals surface area contributed by atoms with Gasteiger partial charge < -0.3 is 4.90 Å². The quantitative estimate of drug-likeness (QED) is 0.664. The molecule has 2 heterocycles. The molecule has 1 aromatic rings. The molecular weight excluding hydrogens is 193 g/mol. The van der Waals surface area contributed by atoms with Crippen molar-refractivity contribution in [3.05, 3.63) is 18.3 Å². The van der Waals surface area contributed by atoms with Crippen LogP contribution in [0.3, 0.4) is 0 Å². The molecule has 1 aromatic heterocycles. The van der Waals surface area contributed by atoms with Crippen LogP contribution < -0.4 is 4.90 Å². The molecule has 1 saturated heterocycles. The summed E-state index contributed by atoms with van der Waals surface area (Å²) in [6, 6.07) is 1.85. The average Bonchev–Trinajstić information content (AvgIpc) is 2.22. The van der Waals surface area contributed by atoms with Crippen LogP contribution in [0, 0.1) is 11.9 Å². The van der Waals surface area contributed by atoms with E-state index in [9.17, 15) is 4.39 Å². The highest BCUT2D eigenvalue weighted by Crippen LogP contribution is 2.25. The summed E-state index contributed by atoms with van der Waals surface area (Å²) < 4.78 is 13.0. The Balaban J connectivity index is 2.21. The molecule has 0 aromatic carbocycles. The lowest BCUT2D eigenvalue weighted by molar-refractivity contribution is 0.387. The Morgan fingerprint density at radius 3 is 2.87 bits per heavy atom. The van der Waals surface area contributed by atoms with E-state index in [1.807, 2.05) is 0 Å². The van der Waals surface area contributed by atoms with Gasteiger partial charge in [-0.15, -0.1) is 0 Å². The Kier molecular flexibility index (Phi) is 2.84. The second-order valence-corrected chi connectivity index (χ2v) is 4.38. The number of halogens is 1. The van der Waals surface area contributed by atoms with Gasteiger partial charge in [-0.3, -0.25) is 0 Å². The second-order valence-electron chi connectivity index (χ2n) is 4.38. The van der Waals surface area contributed by atoms with Crippen LogP contribution in [0.15, 0.2) is 12.4 Å². The van der Waals surface area contributed by atoms with Gasteiger partial charge in [0.2, 0.25) is 5.95 Å². The molecule has 0 N–H and O–H groups in total. The minimum Gasteiger partial charge on any atom is -0.353 e. The number of hydrogen-bond acceptors (Lipinski definition) is 3. The van der Waals surface area contributed by atoms with Crippen LogP contribution in [-0.2, 0) is 0 Å². The van der Waals surface area contributed by atoms with Gasteiger partial charge in [-0.2, -0.15) is 4.39 Å². The fourth-order valence-electron chi connectivity index (χ4n) is 2.09. The third kappa shape index (κ3) is 2.25. The van der Waals surface area contributed by atoms with Gasteiger partial charge in [0.05, 0.1) is 0 Å².